The third kappa shape index (κ3) is 4.92. The largest absolute Gasteiger partial charge is 0.382 e. The summed E-state index contributed by atoms with van der Waals surface area (Å²) in [5.41, 5.74) is 10.4. The molecule has 4 rings (SSSR count). The fourth-order valence-corrected chi connectivity index (χ4v) is 3.88. The van der Waals surface area contributed by atoms with E-state index in [0.717, 1.165) is 21.6 Å². The van der Waals surface area contributed by atoms with Gasteiger partial charge in [0.05, 0.1) is 0 Å². The Balaban J connectivity index is 1.74. The van der Waals surface area contributed by atoms with Crippen molar-refractivity contribution in [3.8, 4) is 11.4 Å². The molecule has 0 atom stereocenters. The number of hydrogen-bond acceptors (Lipinski definition) is 5. The number of carbonyl (C=O) groups is 1. The molecule has 0 radical (unpaired) electrons. The van der Waals surface area contributed by atoms with Crippen LogP contribution < -0.4 is 11.1 Å². The molecule has 0 saturated carbocycles. The molecule has 154 valence electrons. The van der Waals surface area contributed by atoms with E-state index in [2.05, 4.69) is 10.3 Å². The highest BCUT2D eigenvalue weighted by molar-refractivity contribution is 7.99. The second kappa shape index (κ2) is 9.02. The minimum absolute atomic E-state index is 0.226. The van der Waals surface area contributed by atoms with Crippen LogP contribution in [0, 0.1) is 13.8 Å². The van der Waals surface area contributed by atoms with E-state index in [1.165, 1.54) is 11.8 Å². The number of nitrogens with zero attached hydrogens (tertiary/aromatic N) is 2. The average molecular weight is 427 g/mol. The van der Waals surface area contributed by atoms with Crippen molar-refractivity contribution in [2.45, 2.75) is 23.8 Å². The Bertz CT molecular complexity index is 1210. The van der Waals surface area contributed by atoms with E-state index in [4.69, 9.17) is 10.7 Å². The van der Waals surface area contributed by atoms with Crippen LogP contribution in [0.25, 0.3) is 11.4 Å². The van der Waals surface area contributed by atoms with E-state index >= 15 is 0 Å². The molecule has 0 aliphatic heterocycles. The van der Waals surface area contributed by atoms with Crippen LogP contribution in [-0.2, 0) is 0 Å². The fraction of sp³-hybridized carbons (Fsp3) is 0.0800. The maximum atomic E-state index is 12.8. The Morgan fingerprint density at radius 2 is 1.45 bits per heavy atom. The SMILES string of the molecule is Cc1ccc(C(=O)Nc2c(N)nc(-c3ccc(C)cc3)nc2Sc2ccccc2)cc1. The number of nitrogens with one attached hydrogen (secondary N) is 1. The lowest BCUT2D eigenvalue weighted by Gasteiger charge is -2.14. The van der Waals surface area contributed by atoms with Gasteiger partial charge in [0.25, 0.3) is 5.91 Å². The zero-order valence-electron chi connectivity index (χ0n) is 17.3. The van der Waals surface area contributed by atoms with Crippen molar-refractivity contribution in [2.24, 2.45) is 0 Å². The van der Waals surface area contributed by atoms with Gasteiger partial charge in [-0.25, -0.2) is 9.97 Å². The molecule has 1 aromatic heterocycles. The van der Waals surface area contributed by atoms with Gasteiger partial charge in [-0.1, -0.05) is 77.5 Å². The van der Waals surface area contributed by atoms with Crippen LogP contribution in [0.1, 0.15) is 21.5 Å². The van der Waals surface area contributed by atoms with Gasteiger partial charge in [-0.15, -0.1) is 0 Å². The molecule has 0 saturated heterocycles. The number of carbonyl (C=O) groups excluding carboxylic acids is 1. The number of nitrogen functional groups attached to an aromatic ring is 1. The van der Waals surface area contributed by atoms with E-state index in [1.54, 1.807) is 12.1 Å². The van der Waals surface area contributed by atoms with Gasteiger partial charge in [-0.2, -0.15) is 0 Å². The Morgan fingerprint density at radius 3 is 2.10 bits per heavy atom. The quantitative estimate of drug-likeness (QED) is 0.397. The summed E-state index contributed by atoms with van der Waals surface area (Å²) >= 11 is 1.43. The molecule has 0 unspecified atom stereocenters. The third-order valence-corrected chi connectivity index (χ3v) is 5.72. The highest BCUT2D eigenvalue weighted by Gasteiger charge is 2.18. The molecule has 31 heavy (non-hydrogen) atoms. The van der Waals surface area contributed by atoms with E-state index in [1.807, 2.05) is 80.6 Å². The maximum Gasteiger partial charge on any atom is 0.255 e. The summed E-state index contributed by atoms with van der Waals surface area (Å²) in [7, 11) is 0. The summed E-state index contributed by atoms with van der Waals surface area (Å²) in [6.07, 6.45) is 0. The van der Waals surface area contributed by atoms with E-state index < -0.39 is 0 Å². The lowest BCUT2D eigenvalue weighted by Crippen LogP contribution is -2.15. The molecule has 3 N–H and O–H groups in total. The van der Waals surface area contributed by atoms with Gasteiger partial charge in [0.1, 0.15) is 10.7 Å². The fourth-order valence-electron chi connectivity index (χ4n) is 2.97. The summed E-state index contributed by atoms with van der Waals surface area (Å²) in [5, 5.41) is 3.51. The third-order valence-electron chi connectivity index (χ3n) is 4.72. The topological polar surface area (TPSA) is 80.9 Å². The summed E-state index contributed by atoms with van der Waals surface area (Å²) in [5.74, 6) is 0.488. The van der Waals surface area contributed by atoms with Crippen molar-refractivity contribution < 1.29 is 4.79 Å². The van der Waals surface area contributed by atoms with Gasteiger partial charge in [0.2, 0.25) is 0 Å². The second-order valence-corrected chi connectivity index (χ2v) is 8.28. The number of benzene rings is 3. The first-order chi connectivity index (χ1) is 15.0. The van der Waals surface area contributed by atoms with Crippen LogP contribution in [-0.4, -0.2) is 15.9 Å². The molecule has 4 aromatic rings. The zero-order chi connectivity index (χ0) is 21.8. The Kier molecular flexibility index (Phi) is 6.00. The molecular weight excluding hydrogens is 404 g/mol. The van der Waals surface area contributed by atoms with E-state index in [9.17, 15) is 4.79 Å². The van der Waals surface area contributed by atoms with E-state index in [0.29, 0.717) is 22.1 Å². The number of hydrogen-bond donors (Lipinski definition) is 2. The number of rotatable bonds is 5. The average Bonchev–Trinajstić information content (AvgIpc) is 2.77. The minimum Gasteiger partial charge on any atom is -0.382 e. The molecule has 6 heteroatoms. The first-order valence-electron chi connectivity index (χ1n) is 9.85. The molecule has 0 aliphatic rings. The lowest BCUT2D eigenvalue weighted by atomic mass is 10.1. The van der Waals surface area contributed by atoms with Crippen LogP contribution in [0.5, 0.6) is 0 Å². The van der Waals surface area contributed by atoms with Crippen molar-refractivity contribution in [1.82, 2.24) is 9.97 Å². The zero-order valence-corrected chi connectivity index (χ0v) is 18.1. The maximum absolute atomic E-state index is 12.8. The molecule has 1 amide bonds. The van der Waals surface area contributed by atoms with Gasteiger partial charge in [0, 0.05) is 16.0 Å². The van der Waals surface area contributed by atoms with Crippen LogP contribution in [0.3, 0.4) is 0 Å². The smallest absolute Gasteiger partial charge is 0.255 e. The normalized spacial score (nSPS) is 10.6. The molecule has 3 aromatic carbocycles. The van der Waals surface area contributed by atoms with Gasteiger partial charge >= 0.3 is 0 Å². The number of amides is 1. The van der Waals surface area contributed by atoms with Crippen molar-refractivity contribution in [3.63, 3.8) is 0 Å². The van der Waals surface area contributed by atoms with Crippen LogP contribution >= 0.6 is 11.8 Å². The predicted molar refractivity (Wildman–Crippen MR) is 126 cm³/mol. The first kappa shape index (κ1) is 20.6. The number of anilines is 2. The minimum atomic E-state index is -0.256. The summed E-state index contributed by atoms with van der Waals surface area (Å²) in [6.45, 7) is 4.01. The highest BCUT2D eigenvalue weighted by atomic mass is 32.2. The second-order valence-electron chi connectivity index (χ2n) is 7.21. The number of nitrogens with two attached hydrogens (primary N) is 1. The van der Waals surface area contributed by atoms with Crippen LogP contribution in [0.4, 0.5) is 11.5 Å². The van der Waals surface area contributed by atoms with Crippen LogP contribution in [0.15, 0.2) is 88.8 Å². The van der Waals surface area contributed by atoms with Crippen LogP contribution in [0.2, 0.25) is 0 Å². The van der Waals surface area contributed by atoms with E-state index in [-0.39, 0.29) is 11.7 Å². The number of aryl methyl sites for hydroxylation is 2. The summed E-state index contributed by atoms with van der Waals surface area (Å²) in [4.78, 5) is 23.1. The number of aromatic nitrogens is 2. The molecule has 0 fully saturated rings. The Labute approximate surface area is 185 Å². The van der Waals surface area contributed by atoms with Crippen molar-refractivity contribution >= 4 is 29.2 Å². The van der Waals surface area contributed by atoms with Gasteiger partial charge in [-0.3, -0.25) is 4.79 Å². The molecule has 0 spiro atoms. The van der Waals surface area contributed by atoms with Gasteiger partial charge in [-0.05, 0) is 38.1 Å². The molecule has 0 bridgehead atoms. The summed E-state index contributed by atoms with van der Waals surface area (Å²) < 4.78 is 0. The Morgan fingerprint density at radius 1 is 0.839 bits per heavy atom. The molecular formula is C25H22N4OS. The molecule has 5 nitrogen and oxygen atoms in total. The summed E-state index contributed by atoms with van der Waals surface area (Å²) in [6, 6.07) is 25.1. The van der Waals surface area contributed by atoms with Crippen molar-refractivity contribution in [3.05, 3.63) is 95.6 Å². The first-order valence-corrected chi connectivity index (χ1v) is 10.7. The van der Waals surface area contributed by atoms with Gasteiger partial charge in [0.15, 0.2) is 11.6 Å². The standard InChI is InChI=1S/C25H22N4OS/c1-16-8-12-18(13-9-16)23-28-22(26)21(25(29-23)31-20-6-4-3-5-7-20)27-24(30)19-14-10-17(2)11-15-19/h3-15H,1-2H3,(H,27,30)(H2,26,28,29). The van der Waals surface area contributed by atoms with Crippen molar-refractivity contribution in [2.75, 3.05) is 11.1 Å². The predicted octanol–water partition coefficient (Wildman–Crippen LogP) is 5.75. The lowest BCUT2D eigenvalue weighted by molar-refractivity contribution is 0.102. The van der Waals surface area contributed by atoms with Gasteiger partial charge < -0.3 is 11.1 Å². The monoisotopic (exact) mass is 426 g/mol. The highest BCUT2D eigenvalue weighted by Crippen LogP contribution is 2.36. The Hall–Kier alpha value is -3.64. The van der Waals surface area contributed by atoms with Crippen molar-refractivity contribution in [1.29, 1.82) is 0 Å². The molecule has 0 aliphatic carbocycles. The molecule has 1 heterocycles.